The van der Waals surface area contributed by atoms with Crippen LogP contribution in [0.15, 0.2) is 24.3 Å². The number of fused-ring (bicyclic) bond motifs is 1. The number of benzene rings is 1. The number of nitrogens with zero attached hydrogens (tertiary/aromatic N) is 3. The van der Waals surface area contributed by atoms with Gasteiger partial charge in [0.05, 0.1) is 16.3 Å². The summed E-state index contributed by atoms with van der Waals surface area (Å²) in [6, 6.07) is 9.65. The van der Waals surface area contributed by atoms with E-state index in [0.29, 0.717) is 6.04 Å². The van der Waals surface area contributed by atoms with Crippen molar-refractivity contribution in [1.29, 1.82) is 0 Å². The minimum Gasteiger partial charge on any atom is -0.314 e. The van der Waals surface area contributed by atoms with Crippen molar-refractivity contribution in [2.24, 2.45) is 0 Å². The average Bonchev–Trinajstić information content (AvgIpc) is 2.90. The van der Waals surface area contributed by atoms with Crippen molar-refractivity contribution < 1.29 is 0 Å². The molecule has 2 aliphatic heterocycles. The Morgan fingerprint density at radius 2 is 2.00 bits per heavy atom. The molecule has 2 aromatic rings. The first-order chi connectivity index (χ1) is 10.3. The van der Waals surface area contributed by atoms with Crippen LogP contribution in [0.1, 0.15) is 18.0 Å². The van der Waals surface area contributed by atoms with E-state index in [1.54, 1.807) is 0 Å². The monoisotopic (exact) mass is 302 g/mol. The lowest BCUT2D eigenvalue weighted by atomic mass is 10.0. The zero-order valence-electron chi connectivity index (χ0n) is 12.5. The second-order valence-corrected chi connectivity index (χ2v) is 7.15. The summed E-state index contributed by atoms with van der Waals surface area (Å²) in [5.41, 5.74) is 1.14. The molecule has 1 unspecified atom stereocenters. The minimum absolute atomic E-state index is 0.446. The van der Waals surface area contributed by atoms with Gasteiger partial charge in [0.1, 0.15) is 5.01 Å². The highest BCUT2D eigenvalue weighted by atomic mass is 32.1. The molecule has 0 amide bonds. The van der Waals surface area contributed by atoms with E-state index in [1.165, 1.54) is 35.9 Å². The number of nitrogens with one attached hydrogen (secondary N) is 1. The first-order valence-corrected chi connectivity index (χ1v) is 8.67. The van der Waals surface area contributed by atoms with Gasteiger partial charge in [-0.2, -0.15) is 0 Å². The van der Waals surface area contributed by atoms with E-state index < -0.39 is 0 Å². The molecule has 112 valence electrons. The van der Waals surface area contributed by atoms with E-state index >= 15 is 0 Å². The SMILES string of the molecule is CC(c1nc2ccccc2s1)N1CC(N2CCNCC2)C1. The van der Waals surface area contributed by atoms with E-state index in [4.69, 9.17) is 4.98 Å². The van der Waals surface area contributed by atoms with Crippen molar-refractivity contribution in [2.45, 2.75) is 19.0 Å². The van der Waals surface area contributed by atoms with Gasteiger partial charge in [-0.1, -0.05) is 12.1 Å². The normalized spacial score (nSPS) is 23.3. The molecular formula is C16H22N4S. The van der Waals surface area contributed by atoms with Crippen molar-refractivity contribution in [3.8, 4) is 0 Å². The van der Waals surface area contributed by atoms with E-state index in [9.17, 15) is 0 Å². The molecule has 0 saturated carbocycles. The van der Waals surface area contributed by atoms with Crippen LogP contribution in [-0.2, 0) is 0 Å². The molecule has 3 heterocycles. The van der Waals surface area contributed by atoms with Gasteiger partial charge in [-0.15, -0.1) is 11.3 Å². The van der Waals surface area contributed by atoms with Gasteiger partial charge >= 0.3 is 0 Å². The minimum atomic E-state index is 0.446. The van der Waals surface area contributed by atoms with Gasteiger partial charge in [0.15, 0.2) is 0 Å². The summed E-state index contributed by atoms with van der Waals surface area (Å²) < 4.78 is 1.30. The zero-order chi connectivity index (χ0) is 14.2. The Morgan fingerprint density at radius 3 is 2.76 bits per heavy atom. The fourth-order valence-corrected chi connectivity index (χ4v) is 4.36. The number of piperazine rings is 1. The lowest BCUT2D eigenvalue weighted by molar-refractivity contribution is 0.00348. The number of hydrogen-bond donors (Lipinski definition) is 1. The van der Waals surface area contributed by atoms with Crippen LogP contribution in [0.25, 0.3) is 10.2 Å². The quantitative estimate of drug-likeness (QED) is 0.939. The molecule has 0 radical (unpaired) electrons. The van der Waals surface area contributed by atoms with E-state index in [-0.39, 0.29) is 0 Å². The summed E-state index contributed by atoms with van der Waals surface area (Å²) in [4.78, 5) is 10.0. The number of para-hydroxylation sites is 1. The first kappa shape index (κ1) is 13.6. The lowest BCUT2D eigenvalue weighted by Crippen LogP contribution is -2.62. The third-order valence-corrected chi connectivity index (χ3v) is 5.98. The average molecular weight is 302 g/mol. The summed E-state index contributed by atoms with van der Waals surface area (Å²) in [6.45, 7) is 9.37. The van der Waals surface area contributed by atoms with Crippen LogP contribution in [0.5, 0.6) is 0 Å². The van der Waals surface area contributed by atoms with Crippen molar-refractivity contribution in [3.05, 3.63) is 29.3 Å². The van der Waals surface area contributed by atoms with Gasteiger partial charge in [-0.25, -0.2) is 4.98 Å². The molecule has 1 N–H and O–H groups in total. The zero-order valence-corrected chi connectivity index (χ0v) is 13.3. The Morgan fingerprint density at radius 1 is 1.24 bits per heavy atom. The molecule has 2 saturated heterocycles. The van der Waals surface area contributed by atoms with Crippen molar-refractivity contribution >= 4 is 21.6 Å². The van der Waals surface area contributed by atoms with Crippen molar-refractivity contribution in [3.63, 3.8) is 0 Å². The van der Waals surface area contributed by atoms with Gasteiger partial charge in [-0.3, -0.25) is 9.80 Å². The van der Waals surface area contributed by atoms with Gasteiger partial charge in [0.25, 0.3) is 0 Å². The van der Waals surface area contributed by atoms with Crippen LogP contribution in [0.2, 0.25) is 0 Å². The van der Waals surface area contributed by atoms with Crippen LogP contribution in [0.4, 0.5) is 0 Å². The summed E-state index contributed by atoms with van der Waals surface area (Å²) in [5.74, 6) is 0. The summed E-state index contributed by atoms with van der Waals surface area (Å²) >= 11 is 1.84. The van der Waals surface area contributed by atoms with Gasteiger partial charge in [0.2, 0.25) is 0 Å². The standard InChI is InChI=1S/C16H22N4S/c1-12(16-18-14-4-2-3-5-15(14)21-16)20-10-13(11-20)19-8-6-17-7-9-19/h2-5,12-13,17H,6-11H2,1H3. The number of thiazole rings is 1. The first-order valence-electron chi connectivity index (χ1n) is 7.85. The van der Waals surface area contributed by atoms with Crippen LogP contribution >= 0.6 is 11.3 Å². The second kappa shape index (κ2) is 5.65. The topological polar surface area (TPSA) is 31.4 Å². The Bertz CT molecular complexity index is 581. The number of aromatic nitrogens is 1. The third kappa shape index (κ3) is 2.59. The molecule has 0 bridgehead atoms. The van der Waals surface area contributed by atoms with Crippen LogP contribution in [0.3, 0.4) is 0 Å². The van der Waals surface area contributed by atoms with E-state index in [0.717, 1.165) is 24.6 Å². The number of likely N-dealkylation sites (tertiary alicyclic amines) is 1. The fraction of sp³-hybridized carbons (Fsp3) is 0.562. The van der Waals surface area contributed by atoms with Crippen LogP contribution < -0.4 is 5.32 Å². The summed E-state index contributed by atoms with van der Waals surface area (Å²) in [5, 5.41) is 4.69. The molecule has 1 atom stereocenters. The van der Waals surface area contributed by atoms with Gasteiger partial charge < -0.3 is 5.32 Å². The highest BCUT2D eigenvalue weighted by Crippen LogP contribution is 2.32. The summed E-state index contributed by atoms with van der Waals surface area (Å²) in [6.07, 6.45) is 0. The fourth-order valence-electron chi connectivity index (χ4n) is 3.31. The molecule has 4 nitrogen and oxygen atoms in total. The predicted octanol–water partition coefficient (Wildman–Crippen LogP) is 1.95. The summed E-state index contributed by atoms with van der Waals surface area (Å²) in [7, 11) is 0. The Labute approximate surface area is 129 Å². The van der Waals surface area contributed by atoms with E-state index in [1.807, 2.05) is 11.3 Å². The van der Waals surface area contributed by atoms with Crippen molar-refractivity contribution in [1.82, 2.24) is 20.1 Å². The lowest BCUT2D eigenvalue weighted by Gasteiger charge is -2.48. The van der Waals surface area contributed by atoms with Crippen LogP contribution in [0, 0.1) is 0 Å². The third-order valence-electron chi connectivity index (χ3n) is 4.77. The van der Waals surface area contributed by atoms with Crippen molar-refractivity contribution in [2.75, 3.05) is 39.3 Å². The molecule has 0 spiro atoms. The van der Waals surface area contributed by atoms with Crippen LogP contribution in [-0.4, -0.2) is 60.1 Å². The molecule has 1 aromatic carbocycles. The largest absolute Gasteiger partial charge is 0.314 e. The maximum absolute atomic E-state index is 4.81. The Kier molecular flexibility index (Phi) is 3.67. The Hall–Kier alpha value is -1.01. The maximum atomic E-state index is 4.81. The second-order valence-electron chi connectivity index (χ2n) is 6.09. The van der Waals surface area contributed by atoms with Gasteiger partial charge in [0, 0.05) is 45.3 Å². The highest BCUT2D eigenvalue weighted by molar-refractivity contribution is 7.18. The van der Waals surface area contributed by atoms with Gasteiger partial charge in [-0.05, 0) is 19.1 Å². The maximum Gasteiger partial charge on any atom is 0.111 e. The molecule has 2 aliphatic rings. The molecule has 4 rings (SSSR count). The highest BCUT2D eigenvalue weighted by Gasteiger charge is 2.36. The molecule has 5 heteroatoms. The number of rotatable bonds is 3. The molecule has 0 aliphatic carbocycles. The van der Waals surface area contributed by atoms with E-state index in [2.05, 4.69) is 46.3 Å². The number of hydrogen-bond acceptors (Lipinski definition) is 5. The molecule has 21 heavy (non-hydrogen) atoms. The molecular weight excluding hydrogens is 280 g/mol. The smallest absolute Gasteiger partial charge is 0.111 e. The molecule has 2 fully saturated rings. The Balaban J connectivity index is 1.41. The predicted molar refractivity (Wildman–Crippen MR) is 87.8 cm³/mol. The molecule has 1 aromatic heterocycles.